The number of carboxylic acid groups (broad SMARTS) is 1. The largest absolute Gasteiger partial charge is 0.497 e. The molecule has 5 heteroatoms. The fraction of sp³-hybridized carbons (Fsp3) is 0.364. The first-order valence-corrected chi connectivity index (χ1v) is 5.73. The quantitative estimate of drug-likeness (QED) is 0.766. The summed E-state index contributed by atoms with van der Waals surface area (Å²) in [7, 11) is 1.60. The minimum absolute atomic E-state index is 0.328. The van der Waals surface area contributed by atoms with Gasteiger partial charge in [-0.2, -0.15) is 0 Å². The molecule has 0 aromatic heterocycles. The SMILES string of the molecule is COc1ccc(SCC(C)(N)C(=O)O)cc1. The van der Waals surface area contributed by atoms with E-state index in [-0.39, 0.29) is 0 Å². The highest BCUT2D eigenvalue weighted by Crippen LogP contribution is 2.23. The van der Waals surface area contributed by atoms with Crippen molar-refractivity contribution in [1.82, 2.24) is 0 Å². The van der Waals surface area contributed by atoms with Gasteiger partial charge in [-0.1, -0.05) is 0 Å². The lowest BCUT2D eigenvalue weighted by Crippen LogP contribution is -2.47. The van der Waals surface area contributed by atoms with Gasteiger partial charge in [-0.05, 0) is 31.2 Å². The van der Waals surface area contributed by atoms with Crippen LogP contribution >= 0.6 is 11.8 Å². The topological polar surface area (TPSA) is 72.5 Å². The highest BCUT2D eigenvalue weighted by molar-refractivity contribution is 7.99. The summed E-state index contributed by atoms with van der Waals surface area (Å²) < 4.78 is 5.02. The van der Waals surface area contributed by atoms with Crippen molar-refractivity contribution in [2.24, 2.45) is 5.73 Å². The minimum atomic E-state index is -1.20. The molecule has 0 heterocycles. The van der Waals surface area contributed by atoms with E-state index < -0.39 is 11.5 Å². The van der Waals surface area contributed by atoms with Gasteiger partial charge >= 0.3 is 5.97 Å². The van der Waals surface area contributed by atoms with Gasteiger partial charge in [0.25, 0.3) is 0 Å². The van der Waals surface area contributed by atoms with Crippen LogP contribution in [0.25, 0.3) is 0 Å². The Kier molecular flexibility index (Phi) is 4.20. The van der Waals surface area contributed by atoms with E-state index in [9.17, 15) is 4.79 Å². The number of thioether (sulfide) groups is 1. The van der Waals surface area contributed by atoms with Crippen LogP contribution < -0.4 is 10.5 Å². The van der Waals surface area contributed by atoms with Gasteiger partial charge in [0.1, 0.15) is 11.3 Å². The number of rotatable bonds is 5. The fourth-order valence-electron chi connectivity index (χ4n) is 0.967. The average molecular weight is 241 g/mol. The molecule has 0 fully saturated rings. The van der Waals surface area contributed by atoms with E-state index in [4.69, 9.17) is 15.6 Å². The van der Waals surface area contributed by atoms with Crippen LogP contribution in [-0.4, -0.2) is 29.5 Å². The third-order valence-electron chi connectivity index (χ3n) is 2.09. The highest BCUT2D eigenvalue weighted by atomic mass is 32.2. The summed E-state index contributed by atoms with van der Waals surface area (Å²) in [5.74, 6) is 0.112. The standard InChI is InChI=1S/C11H15NO3S/c1-11(12,10(13)14)7-16-9-5-3-8(15-2)4-6-9/h3-6H,7,12H2,1-2H3,(H,13,14). The summed E-state index contributed by atoms with van der Waals surface area (Å²) in [5.41, 5.74) is 4.41. The van der Waals surface area contributed by atoms with E-state index in [1.165, 1.54) is 18.7 Å². The molecule has 4 nitrogen and oxygen atoms in total. The number of carboxylic acids is 1. The number of nitrogens with two attached hydrogens (primary N) is 1. The van der Waals surface area contributed by atoms with Crippen molar-refractivity contribution >= 4 is 17.7 Å². The number of ether oxygens (including phenoxy) is 1. The lowest BCUT2D eigenvalue weighted by molar-refractivity contribution is -0.141. The summed E-state index contributed by atoms with van der Waals surface area (Å²) in [6.07, 6.45) is 0. The second-order valence-corrected chi connectivity index (χ2v) is 4.74. The molecule has 3 N–H and O–H groups in total. The first-order chi connectivity index (χ1) is 7.45. The first kappa shape index (κ1) is 12.9. The molecule has 0 saturated carbocycles. The minimum Gasteiger partial charge on any atom is -0.497 e. The Labute approximate surface area is 98.8 Å². The molecule has 0 saturated heterocycles. The van der Waals surface area contributed by atoms with E-state index >= 15 is 0 Å². The van der Waals surface area contributed by atoms with Gasteiger partial charge in [-0.15, -0.1) is 11.8 Å². The normalized spacial score (nSPS) is 14.2. The van der Waals surface area contributed by atoms with Crippen LogP contribution in [0.15, 0.2) is 29.2 Å². The summed E-state index contributed by atoms with van der Waals surface area (Å²) >= 11 is 1.41. The van der Waals surface area contributed by atoms with Crippen LogP contribution in [-0.2, 0) is 4.79 Å². The maximum Gasteiger partial charge on any atom is 0.324 e. The number of hydrogen-bond acceptors (Lipinski definition) is 4. The molecule has 1 rings (SSSR count). The number of carbonyl (C=O) groups is 1. The molecule has 88 valence electrons. The molecule has 0 radical (unpaired) electrons. The third kappa shape index (κ3) is 3.43. The van der Waals surface area contributed by atoms with Gasteiger partial charge in [0.15, 0.2) is 0 Å². The summed E-state index contributed by atoms with van der Waals surface area (Å²) in [4.78, 5) is 11.8. The van der Waals surface area contributed by atoms with Crippen LogP contribution in [0.3, 0.4) is 0 Å². The lowest BCUT2D eigenvalue weighted by atomic mass is 10.1. The van der Waals surface area contributed by atoms with Gasteiger partial charge < -0.3 is 15.6 Å². The molecular weight excluding hydrogens is 226 g/mol. The zero-order chi connectivity index (χ0) is 12.2. The summed E-state index contributed by atoms with van der Waals surface area (Å²) in [6.45, 7) is 1.51. The van der Waals surface area contributed by atoms with E-state index in [0.29, 0.717) is 5.75 Å². The average Bonchev–Trinajstić information content (AvgIpc) is 2.27. The van der Waals surface area contributed by atoms with Crippen LogP contribution in [0.2, 0.25) is 0 Å². The molecule has 1 aromatic rings. The molecule has 0 aliphatic rings. The van der Waals surface area contributed by atoms with Gasteiger partial charge in [-0.3, -0.25) is 4.79 Å². The van der Waals surface area contributed by atoms with Gasteiger partial charge in [-0.25, -0.2) is 0 Å². The number of aliphatic carboxylic acids is 1. The van der Waals surface area contributed by atoms with Crippen molar-refractivity contribution in [2.75, 3.05) is 12.9 Å². The van der Waals surface area contributed by atoms with Crippen molar-refractivity contribution in [3.8, 4) is 5.75 Å². The zero-order valence-electron chi connectivity index (χ0n) is 9.27. The molecule has 1 unspecified atom stereocenters. The van der Waals surface area contributed by atoms with Crippen molar-refractivity contribution in [3.05, 3.63) is 24.3 Å². The van der Waals surface area contributed by atoms with Crippen LogP contribution in [0, 0.1) is 0 Å². The molecule has 0 aliphatic carbocycles. The first-order valence-electron chi connectivity index (χ1n) is 4.75. The Hall–Kier alpha value is -1.20. The van der Waals surface area contributed by atoms with E-state index in [2.05, 4.69) is 0 Å². The maximum atomic E-state index is 10.8. The molecule has 1 aromatic carbocycles. The second-order valence-electron chi connectivity index (χ2n) is 3.69. The van der Waals surface area contributed by atoms with E-state index in [0.717, 1.165) is 10.6 Å². The Bertz CT molecular complexity index is 362. The molecule has 0 aliphatic heterocycles. The highest BCUT2D eigenvalue weighted by Gasteiger charge is 2.27. The lowest BCUT2D eigenvalue weighted by Gasteiger charge is -2.18. The Morgan fingerprint density at radius 3 is 2.50 bits per heavy atom. The van der Waals surface area contributed by atoms with Gasteiger partial charge in [0.05, 0.1) is 7.11 Å². The van der Waals surface area contributed by atoms with E-state index in [1.54, 1.807) is 7.11 Å². The molecule has 0 amide bonds. The maximum absolute atomic E-state index is 10.8. The molecule has 0 spiro atoms. The van der Waals surface area contributed by atoms with E-state index in [1.807, 2.05) is 24.3 Å². The third-order valence-corrected chi connectivity index (χ3v) is 3.44. The number of hydrogen-bond donors (Lipinski definition) is 2. The summed E-state index contributed by atoms with van der Waals surface area (Å²) in [5, 5.41) is 8.84. The molecular formula is C11H15NO3S. The predicted octanol–water partition coefficient (Wildman–Crippen LogP) is 1.59. The monoisotopic (exact) mass is 241 g/mol. The van der Waals surface area contributed by atoms with Crippen molar-refractivity contribution in [3.63, 3.8) is 0 Å². The number of benzene rings is 1. The van der Waals surface area contributed by atoms with Gasteiger partial charge in [0.2, 0.25) is 0 Å². The van der Waals surface area contributed by atoms with Crippen molar-refractivity contribution < 1.29 is 14.6 Å². The number of methoxy groups -OCH3 is 1. The fourth-order valence-corrected chi connectivity index (χ4v) is 1.89. The Morgan fingerprint density at radius 1 is 1.50 bits per heavy atom. The van der Waals surface area contributed by atoms with Crippen molar-refractivity contribution in [2.45, 2.75) is 17.4 Å². The molecule has 1 atom stereocenters. The smallest absolute Gasteiger partial charge is 0.324 e. The second kappa shape index (κ2) is 5.23. The predicted molar refractivity (Wildman–Crippen MR) is 63.9 cm³/mol. The molecule has 0 bridgehead atoms. The Morgan fingerprint density at radius 2 is 2.06 bits per heavy atom. The summed E-state index contributed by atoms with van der Waals surface area (Å²) in [6, 6.07) is 7.41. The zero-order valence-corrected chi connectivity index (χ0v) is 10.1. The van der Waals surface area contributed by atoms with Crippen molar-refractivity contribution in [1.29, 1.82) is 0 Å². The Balaban J connectivity index is 2.58. The van der Waals surface area contributed by atoms with Gasteiger partial charge in [0, 0.05) is 10.6 Å². The molecule has 16 heavy (non-hydrogen) atoms. The van der Waals surface area contributed by atoms with Crippen LogP contribution in [0.4, 0.5) is 0 Å². The van der Waals surface area contributed by atoms with Crippen LogP contribution in [0.5, 0.6) is 5.75 Å². The van der Waals surface area contributed by atoms with Crippen LogP contribution in [0.1, 0.15) is 6.92 Å².